The van der Waals surface area contributed by atoms with Crippen molar-refractivity contribution in [1.82, 2.24) is 9.97 Å². The Bertz CT molecular complexity index is 718. The number of aromatic nitrogens is 2. The van der Waals surface area contributed by atoms with Gasteiger partial charge in [-0.05, 0) is 43.0 Å². The number of rotatable bonds is 3. The van der Waals surface area contributed by atoms with Crippen LogP contribution in [0.4, 0.5) is 5.82 Å². The molecule has 19 heavy (non-hydrogen) atoms. The molecule has 3 rings (SSSR count). The van der Waals surface area contributed by atoms with Crippen molar-refractivity contribution in [2.45, 2.75) is 13.8 Å². The van der Waals surface area contributed by atoms with Crippen molar-refractivity contribution in [3.8, 4) is 10.7 Å². The Labute approximate surface area is 116 Å². The molecule has 0 spiro atoms. The van der Waals surface area contributed by atoms with E-state index in [1.165, 1.54) is 5.56 Å². The van der Waals surface area contributed by atoms with Gasteiger partial charge in [-0.3, -0.25) is 0 Å². The Morgan fingerprint density at radius 1 is 1.16 bits per heavy atom. The first-order valence-electron chi connectivity index (χ1n) is 6.34. The van der Waals surface area contributed by atoms with Crippen LogP contribution in [0.25, 0.3) is 21.6 Å². The fraction of sp³-hybridized carbons (Fsp3) is 0.200. The molecule has 2 heterocycles. The van der Waals surface area contributed by atoms with Gasteiger partial charge in [-0.2, -0.15) is 0 Å². The van der Waals surface area contributed by atoms with Crippen molar-refractivity contribution in [3.63, 3.8) is 0 Å². The summed E-state index contributed by atoms with van der Waals surface area (Å²) < 4.78 is 0. The van der Waals surface area contributed by atoms with Gasteiger partial charge in [-0.1, -0.05) is 12.1 Å². The quantitative estimate of drug-likeness (QED) is 0.778. The Morgan fingerprint density at radius 3 is 2.74 bits per heavy atom. The minimum Gasteiger partial charge on any atom is -0.370 e. The largest absolute Gasteiger partial charge is 0.370 e. The molecule has 2 aromatic heterocycles. The fourth-order valence-corrected chi connectivity index (χ4v) is 2.94. The van der Waals surface area contributed by atoms with Crippen LogP contribution in [0.5, 0.6) is 0 Å². The molecule has 1 N–H and O–H groups in total. The molecule has 0 bridgehead atoms. The monoisotopic (exact) mass is 269 g/mol. The number of hydrogen-bond donors (Lipinski definition) is 1. The maximum absolute atomic E-state index is 4.68. The molecule has 0 saturated heterocycles. The van der Waals surface area contributed by atoms with E-state index in [0.29, 0.717) is 0 Å². The second-order valence-corrected chi connectivity index (χ2v) is 5.29. The standard InChI is InChI=1S/C15H15N3S/c1-3-16-14-11-6-4-5-7-12(11)17-15(18-14)13-10(2)8-9-19-13/h4-9H,3H2,1-2H3,(H,16,17,18). The lowest BCUT2D eigenvalue weighted by Gasteiger charge is -2.09. The Hall–Kier alpha value is -1.94. The van der Waals surface area contributed by atoms with Gasteiger partial charge in [-0.15, -0.1) is 11.3 Å². The minimum atomic E-state index is 0.808. The molecule has 96 valence electrons. The summed E-state index contributed by atoms with van der Waals surface area (Å²) in [6.07, 6.45) is 0. The predicted molar refractivity (Wildman–Crippen MR) is 81.8 cm³/mol. The number of anilines is 1. The normalized spacial score (nSPS) is 10.8. The van der Waals surface area contributed by atoms with Gasteiger partial charge < -0.3 is 5.32 Å². The topological polar surface area (TPSA) is 37.8 Å². The zero-order valence-corrected chi connectivity index (χ0v) is 11.8. The van der Waals surface area contributed by atoms with Crippen molar-refractivity contribution in [2.24, 2.45) is 0 Å². The van der Waals surface area contributed by atoms with E-state index in [1.807, 2.05) is 18.2 Å². The molecule has 0 unspecified atom stereocenters. The first-order chi connectivity index (χ1) is 9.29. The highest BCUT2D eigenvalue weighted by Gasteiger charge is 2.11. The predicted octanol–water partition coefficient (Wildman–Crippen LogP) is 4.10. The summed E-state index contributed by atoms with van der Waals surface area (Å²) in [7, 11) is 0. The van der Waals surface area contributed by atoms with E-state index in [-0.39, 0.29) is 0 Å². The Kier molecular flexibility index (Phi) is 3.17. The Morgan fingerprint density at radius 2 is 2.00 bits per heavy atom. The molecule has 0 aliphatic carbocycles. The van der Waals surface area contributed by atoms with Crippen molar-refractivity contribution >= 4 is 28.1 Å². The summed E-state index contributed by atoms with van der Waals surface area (Å²) in [6, 6.07) is 10.2. The number of hydrogen-bond acceptors (Lipinski definition) is 4. The van der Waals surface area contributed by atoms with Gasteiger partial charge >= 0.3 is 0 Å². The van der Waals surface area contributed by atoms with Crippen LogP contribution in [0.3, 0.4) is 0 Å². The van der Waals surface area contributed by atoms with Crippen molar-refractivity contribution < 1.29 is 0 Å². The number of para-hydroxylation sites is 1. The number of thiophene rings is 1. The lowest BCUT2D eigenvalue weighted by atomic mass is 10.2. The van der Waals surface area contributed by atoms with E-state index in [4.69, 9.17) is 0 Å². The zero-order valence-electron chi connectivity index (χ0n) is 11.0. The molecule has 3 nitrogen and oxygen atoms in total. The van der Waals surface area contributed by atoms with E-state index < -0.39 is 0 Å². The summed E-state index contributed by atoms with van der Waals surface area (Å²) in [6.45, 7) is 5.02. The summed E-state index contributed by atoms with van der Waals surface area (Å²) in [5, 5.41) is 6.48. The number of benzene rings is 1. The first kappa shape index (κ1) is 12.1. The third-order valence-corrected chi connectivity index (χ3v) is 4.03. The molecular weight excluding hydrogens is 254 g/mol. The van der Waals surface area contributed by atoms with Crippen molar-refractivity contribution in [1.29, 1.82) is 0 Å². The van der Waals surface area contributed by atoms with Gasteiger partial charge in [0, 0.05) is 11.9 Å². The van der Waals surface area contributed by atoms with Crippen LogP contribution in [-0.2, 0) is 0 Å². The lowest BCUT2D eigenvalue weighted by Crippen LogP contribution is -2.02. The molecule has 0 aliphatic rings. The molecular formula is C15H15N3S. The van der Waals surface area contributed by atoms with Crippen LogP contribution >= 0.6 is 11.3 Å². The molecule has 0 radical (unpaired) electrons. The SMILES string of the molecule is CCNc1nc(-c2sccc2C)nc2ccccc12. The van der Waals surface area contributed by atoms with Crippen LogP contribution in [0, 0.1) is 6.92 Å². The van der Waals surface area contributed by atoms with Crippen molar-refractivity contribution in [2.75, 3.05) is 11.9 Å². The van der Waals surface area contributed by atoms with E-state index in [1.54, 1.807) is 11.3 Å². The van der Waals surface area contributed by atoms with E-state index in [0.717, 1.165) is 34.0 Å². The highest BCUT2D eigenvalue weighted by atomic mass is 32.1. The number of nitrogens with one attached hydrogen (secondary N) is 1. The molecule has 4 heteroatoms. The molecule has 0 aliphatic heterocycles. The summed E-state index contributed by atoms with van der Waals surface area (Å²) in [5.74, 6) is 1.72. The second-order valence-electron chi connectivity index (χ2n) is 4.38. The molecule has 1 aromatic carbocycles. The average Bonchev–Trinajstić information content (AvgIpc) is 2.85. The van der Waals surface area contributed by atoms with E-state index in [9.17, 15) is 0 Å². The second kappa shape index (κ2) is 4.97. The molecule has 0 amide bonds. The first-order valence-corrected chi connectivity index (χ1v) is 7.22. The van der Waals surface area contributed by atoms with E-state index in [2.05, 4.69) is 46.6 Å². The lowest BCUT2D eigenvalue weighted by molar-refractivity contribution is 1.15. The van der Waals surface area contributed by atoms with Gasteiger partial charge in [0.1, 0.15) is 5.82 Å². The van der Waals surface area contributed by atoms with Gasteiger partial charge in [0.2, 0.25) is 0 Å². The summed E-state index contributed by atoms with van der Waals surface area (Å²) >= 11 is 1.69. The third-order valence-electron chi connectivity index (χ3n) is 3.01. The average molecular weight is 269 g/mol. The maximum atomic E-state index is 4.68. The highest BCUT2D eigenvalue weighted by molar-refractivity contribution is 7.13. The number of nitrogens with zero attached hydrogens (tertiary/aromatic N) is 2. The van der Waals surface area contributed by atoms with Crippen LogP contribution < -0.4 is 5.32 Å². The minimum absolute atomic E-state index is 0.808. The van der Waals surface area contributed by atoms with E-state index >= 15 is 0 Å². The Balaban J connectivity index is 2.24. The maximum Gasteiger partial charge on any atom is 0.172 e. The summed E-state index contributed by atoms with van der Waals surface area (Å²) in [5.41, 5.74) is 2.21. The van der Waals surface area contributed by atoms with Crippen LogP contribution in [-0.4, -0.2) is 16.5 Å². The number of aryl methyl sites for hydroxylation is 1. The van der Waals surface area contributed by atoms with Gasteiger partial charge in [0.15, 0.2) is 5.82 Å². The van der Waals surface area contributed by atoms with Gasteiger partial charge in [0.25, 0.3) is 0 Å². The zero-order chi connectivity index (χ0) is 13.2. The highest BCUT2D eigenvalue weighted by Crippen LogP contribution is 2.29. The fourth-order valence-electron chi connectivity index (χ4n) is 2.08. The van der Waals surface area contributed by atoms with Crippen LogP contribution in [0.2, 0.25) is 0 Å². The molecule has 0 fully saturated rings. The molecule has 0 saturated carbocycles. The molecule has 0 atom stereocenters. The van der Waals surface area contributed by atoms with Gasteiger partial charge in [0.05, 0.1) is 10.4 Å². The van der Waals surface area contributed by atoms with Crippen LogP contribution in [0.1, 0.15) is 12.5 Å². The smallest absolute Gasteiger partial charge is 0.172 e. The molecule has 3 aromatic rings. The number of fused-ring (bicyclic) bond motifs is 1. The summed E-state index contributed by atoms with van der Waals surface area (Å²) in [4.78, 5) is 10.5. The van der Waals surface area contributed by atoms with Gasteiger partial charge in [-0.25, -0.2) is 9.97 Å². The van der Waals surface area contributed by atoms with Crippen molar-refractivity contribution in [3.05, 3.63) is 41.3 Å². The third kappa shape index (κ3) is 2.19. The van der Waals surface area contributed by atoms with Crippen LogP contribution in [0.15, 0.2) is 35.7 Å².